The van der Waals surface area contributed by atoms with Gasteiger partial charge in [-0.3, -0.25) is 4.79 Å². The van der Waals surface area contributed by atoms with Gasteiger partial charge in [0.25, 0.3) is 0 Å². The van der Waals surface area contributed by atoms with Crippen LogP contribution in [-0.2, 0) is 14.3 Å². The summed E-state index contributed by atoms with van der Waals surface area (Å²) in [6, 6.07) is 2.29. The molecule has 0 saturated carbocycles. The number of allylic oxidation sites excluding steroid dienone is 1. The molecule has 3 aliphatic rings. The summed E-state index contributed by atoms with van der Waals surface area (Å²) < 4.78 is 21.8. The summed E-state index contributed by atoms with van der Waals surface area (Å²) in [6.45, 7) is 4.27. The number of esters is 1. The number of aromatic hydroxyl groups is 1. The molecule has 1 unspecified atom stereocenters. The van der Waals surface area contributed by atoms with Crippen molar-refractivity contribution in [3.63, 3.8) is 0 Å². The van der Waals surface area contributed by atoms with E-state index < -0.39 is 66.2 Å². The van der Waals surface area contributed by atoms with Gasteiger partial charge in [-0.05, 0) is 39.0 Å². The summed E-state index contributed by atoms with van der Waals surface area (Å²) in [5.41, 5.74) is -0.578. The summed E-state index contributed by atoms with van der Waals surface area (Å²) in [5.74, 6) is -3.71. The third kappa shape index (κ3) is 5.95. The molecule has 210 valence electrons. The van der Waals surface area contributed by atoms with Crippen LogP contribution in [0.5, 0.6) is 17.2 Å². The Morgan fingerprint density at radius 2 is 1.89 bits per heavy atom. The summed E-state index contributed by atoms with van der Waals surface area (Å²) >= 11 is 0. The first kappa shape index (κ1) is 28.3. The van der Waals surface area contributed by atoms with Gasteiger partial charge in [0.05, 0.1) is 12.0 Å². The molecule has 6 N–H and O–H groups in total. The number of aliphatic hydroxyl groups is 5. The van der Waals surface area contributed by atoms with E-state index in [1.807, 2.05) is 0 Å². The van der Waals surface area contributed by atoms with Crippen molar-refractivity contribution in [2.45, 2.75) is 88.5 Å². The van der Waals surface area contributed by atoms with E-state index in [1.54, 1.807) is 19.9 Å². The smallest absolute Gasteiger partial charge is 0.333 e. The Morgan fingerprint density at radius 1 is 1.18 bits per heavy atom. The number of carbonyl (C=O) groups excluding carboxylic acids is 2. The van der Waals surface area contributed by atoms with Gasteiger partial charge in [-0.25, -0.2) is 4.79 Å². The Balaban J connectivity index is 1.42. The van der Waals surface area contributed by atoms with Crippen LogP contribution < -0.4 is 9.47 Å². The van der Waals surface area contributed by atoms with Crippen molar-refractivity contribution in [1.82, 2.24) is 0 Å². The van der Waals surface area contributed by atoms with Gasteiger partial charge in [-0.1, -0.05) is 6.08 Å². The lowest BCUT2D eigenvalue weighted by Crippen LogP contribution is -2.60. The van der Waals surface area contributed by atoms with Gasteiger partial charge < -0.3 is 49.6 Å². The van der Waals surface area contributed by atoms with E-state index in [1.165, 1.54) is 13.0 Å². The Labute approximate surface area is 219 Å². The Hall–Kier alpha value is -2.74. The second kappa shape index (κ2) is 10.4. The predicted octanol–water partition coefficient (Wildman–Crippen LogP) is 0.293. The largest absolute Gasteiger partial charge is 0.507 e. The van der Waals surface area contributed by atoms with Gasteiger partial charge in [0.15, 0.2) is 5.78 Å². The summed E-state index contributed by atoms with van der Waals surface area (Å²) in [7, 11) is 0. The molecule has 1 fully saturated rings. The van der Waals surface area contributed by atoms with Crippen molar-refractivity contribution in [3.05, 3.63) is 29.3 Å². The molecule has 12 heteroatoms. The normalized spacial score (nSPS) is 33.6. The number of hydrogen-bond acceptors (Lipinski definition) is 12. The molecule has 2 aliphatic heterocycles. The minimum Gasteiger partial charge on any atom is -0.507 e. The predicted molar refractivity (Wildman–Crippen MR) is 128 cm³/mol. The number of ketones is 1. The van der Waals surface area contributed by atoms with Crippen molar-refractivity contribution in [2.75, 3.05) is 6.61 Å². The van der Waals surface area contributed by atoms with E-state index >= 15 is 0 Å². The first-order valence-corrected chi connectivity index (χ1v) is 12.4. The van der Waals surface area contributed by atoms with Crippen LogP contribution in [0.2, 0.25) is 0 Å². The number of phenolic OH excluding ortho intramolecular Hbond substituents is 1. The molecule has 1 saturated heterocycles. The molecule has 4 rings (SSSR count). The van der Waals surface area contributed by atoms with E-state index in [4.69, 9.17) is 18.9 Å². The molecule has 7 atom stereocenters. The zero-order valence-corrected chi connectivity index (χ0v) is 21.4. The summed E-state index contributed by atoms with van der Waals surface area (Å²) in [5, 5.41) is 61.7. The molecule has 0 aromatic heterocycles. The summed E-state index contributed by atoms with van der Waals surface area (Å²) in [4.78, 5) is 24.8. The van der Waals surface area contributed by atoms with Crippen molar-refractivity contribution < 1.29 is 59.2 Å². The van der Waals surface area contributed by atoms with Gasteiger partial charge in [-0.15, -0.1) is 0 Å². The maximum atomic E-state index is 12.6. The van der Waals surface area contributed by atoms with Gasteiger partial charge in [0, 0.05) is 24.6 Å². The van der Waals surface area contributed by atoms with Crippen LogP contribution in [-0.4, -0.2) is 91.1 Å². The monoisotopic (exact) mass is 538 g/mol. The zero-order chi connectivity index (χ0) is 28.0. The number of ether oxygens (including phenoxy) is 4. The van der Waals surface area contributed by atoms with Crippen molar-refractivity contribution in [1.29, 1.82) is 0 Å². The number of benzene rings is 1. The molecule has 1 aromatic carbocycles. The fourth-order valence-electron chi connectivity index (χ4n) is 4.86. The third-order valence-electron chi connectivity index (χ3n) is 7.12. The van der Waals surface area contributed by atoms with Gasteiger partial charge >= 0.3 is 5.97 Å². The Morgan fingerprint density at radius 3 is 2.53 bits per heavy atom. The summed E-state index contributed by atoms with van der Waals surface area (Å²) in [6.07, 6.45) is -5.00. The number of Topliss-reactive ketones (excluding diaryl/α,β-unsaturated/α-hetero) is 1. The van der Waals surface area contributed by atoms with Gasteiger partial charge in [-0.2, -0.15) is 0 Å². The molecule has 0 spiro atoms. The Bertz CT molecular complexity index is 1100. The second-order valence-corrected chi connectivity index (χ2v) is 10.8. The fourth-order valence-corrected chi connectivity index (χ4v) is 4.86. The van der Waals surface area contributed by atoms with E-state index in [0.29, 0.717) is 24.8 Å². The molecule has 1 aromatic rings. The molecule has 1 aliphatic carbocycles. The molecule has 0 amide bonds. The molecule has 38 heavy (non-hydrogen) atoms. The highest BCUT2D eigenvalue weighted by Gasteiger charge is 2.46. The number of hydrogen-bond donors (Lipinski definition) is 6. The van der Waals surface area contributed by atoms with Gasteiger partial charge in [0.1, 0.15) is 53.8 Å². The zero-order valence-electron chi connectivity index (χ0n) is 21.4. The van der Waals surface area contributed by atoms with E-state index in [2.05, 4.69) is 0 Å². The molecule has 2 heterocycles. The van der Waals surface area contributed by atoms with Crippen LogP contribution in [0.1, 0.15) is 56.8 Å². The number of fused-ring (bicyclic) bond motifs is 1. The highest BCUT2D eigenvalue weighted by Crippen LogP contribution is 2.41. The van der Waals surface area contributed by atoms with Crippen LogP contribution in [0, 0.1) is 5.92 Å². The average molecular weight is 539 g/mol. The first-order chi connectivity index (χ1) is 17.7. The number of phenols is 1. The molecule has 0 bridgehead atoms. The lowest BCUT2D eigenvalue weighted by molar-refractivity contribution is -0.278. The molecular formula is C26H34O12. The van der Waals surface area contributed by atoms with Crippen molar-refractivity contribution in [3.8, 4) is 17.2 Å². The van der Waals surface area contributed by atoms with Crippen molar-refractivity contribution >= 4 is 11.8 Å². The van der Waals surface area contributed by atoms with Crippen LogP contribution in [0.4, 0.5) is 0 Å². The molecular weight excluding hydrogens is 504 g/mol. The highest BCUT2D eigenvalue weighted by atomic mass is 16.7. The minimum absolute atomic E-state index is 0.00904. The van der Waals surface area contributed by atoms with Crippen LogP contribution >= 0.6 is 0 Å². The lowest BCUT2D eigenvalue weighted by atomic mass is 9.79. The Kier molecular flexibility index (Phi) is 7.77. The van der Waals surface area contributed by atoms with E-state index in [9.17, 15) is 40.2 Å². The quantitative estimate of drug-likeness (QED) is 0.272. The minimum atomic E-state index is -1.80. The average Bonchev–Trinajstić information content (AvgIpc) is 2.81. The number of carbonyl (C=O) groups is 2. The van der Waals surface area contributed by atoms with E-state index in [0.717, 1.165) is 6.07 Å². The van der Waals surface area contributed by atoms with Crippen molar-refractivity contribution in [2.24, 2.45) is 5.92 Å². The topological polar surface area (TPSA) is 192 Å². The molecule has 0 radical (unpaired) electrons. The number of aliphatic hydroxyl groups excluding tert-OH is 3. The van der Waals surface area contributed by atoms with Gasteiger partial charge in [0.2, 0.25) is 12.1 Å². The van der Waals surface area contributed by atoms with Crippen LogP contribution in [0.25, 0.3) is 0 Å². The highest BCUT2D eigenvalue weighted by molar-refractivity contribution is 6.02. The van der Waals surface area contributed by atoms with Crippen LogP contribution in [0.3, 0.4) is 0 Å². The van der Waals surface area contributed by atoms with E-state index in [-0.39, 0.29) is 29.4 Å². The first-order valence-electron chi connectivity index (χ1n) is 12.4. The standard InChI is InChI=1S/C26H34O12/c1-25(2,33)13-6-4-12(5-7-13)23(32)35-11-18-20(29)21(30)22(31)24(37-18)36-14-8-15(27)19-16(28)10-26(3,34)38-17(19)9-14/h4,8-9,13,18,20-22,24,27,29-31,33-34H,5-7,10-11H2,1-3H3/t13-,18+,20+,21-,22+,24+,26?/m0/s1. The second-order valence-electron chi connectivity index (χ2n) is 10.8. The lowest BCUT2D eigenvalue weighted by Gasteiger charge is -2.40. The SMILES string of the molecule is CC1(O)CC(=O)c2c(O)cc(O[C@@H]3O[C@H](COC(=O)C4=CC[C@H](C(C)(C)O)CC4)[C@@H](O)[C@H](O)[C@H]3O)cc2O1. The third-order valence-corrected chi connectivity index (χ3v) is 7.12. The fraction of sp³-hybridized carbons (Fsp3) is 0.615. The maximum Gasteiger partial charge on any atom is 0.333 e. The number of rotatable bonds is 6. The van der Waals surface area contributed by atoms with Crippen LogP contribution in [0.15, 0.2) is 23.8 Å². The molecule has 12 nitrogen and oxygen atoms in total. The maximum absolute atomic E-state index is 12.6.